The van der Waals surface area contributed by atoms with Crippen molar-refractivity contribution in [2.45, 2.75) is 24.8 Å². The van der Waals surface area contributed by atoms with E-state index in [1.807, 2.05) is 24.3 Å². The number of fused-ring (bicyclic) bond motifs is 1. The Hall–Kier alpha value is -3.28. The van der Waals surface area contributed by atoms with Gasteiger partial charge in [-0.1, -0.05) is 42.5 Å². The summed E-state index contributed by atoms with van der Waals surface area (Å²) in [7, 11) is 0. The number of allylic oxidation sites excluding steroid dienone is 2. The number of rotatable bonds is 2. The van der Waals surface area contributed by atoms with Crippen LogP contribution in [0.15, 0.2) is 72.2 Å². The van der Waals surface area contributed by atoms with Gasteiger partial charge in [0.1, 0.15) is 18.2 Å². The van der Waals surface area contributed by atoms with Crippen molar-refractivity contribution in [3.05, 3.63) is 89.1 Å². The second-order valence-electron chi connectivity index (χ2n) is 6.94. The maximum atomic E-state index is 13.9. The molecule has 0 radical (unpaired) electrons. The van der Waals surface area contributed by atoms with Gasteiger partial charge in [-0.05, 0) is 35.6 Å². The molecular formula is C21H17FN4O. The Balaban J connectivity index is 1.62. The summed E-state index contributed by atoms with van der Waals surface area (Å²) in [5, 5.41) is 7.56. The maximum Gasteiger partial charge on any atom is 0.226 e. The van der Waals surface area contributed by atoms with Crippen LogP contribution in [0.25, 0.3) is 0 Å². The van der Waals surface area contributed by atoms with Gasteiger partial charge in [-0.3, -0.25) is 4.79 Å². The van der Waals surface area contributed by atoms with Gasteiger partial charge in [-0.25, -0.2) is 9.07 Å². The molecular weight excluding hydrogens is 343 g/mol. The Kier molecular flexibility index (Phi) is 3.63. The molecule has 0 saturated carbocycles. The monoisotopic (exact) mass is 360 g/mol. The highest BCUT2D eigenvalue weighted by atomic mass is 19.1. The molecule has 0 spiro atoms. The molecule has 0 bridgehead atoms. The number of nitrogens with one attached hydrogen (secondary N) is 1. The van der Waals surface area contributed by atoms with Crippen LogP contribution in [0.2, 0.25) is 0 Å². The first-order valence-electron chi connectivity index (χ1n) is 8.94. The van der Waals surface area contributed by atoms with Crippen LogP contribution in [-0.4, -0.2) is 20.5 Å². The Bertz CT molecular complexity index is 1060. The Morgan fingerprint density at radius 2 is 1.85 bits per heavy atom. The number of hydrogen-bond donors (Lipinski definition) is 1. The van der Waals surface area contributed by atoms with E-state index in [1.54, 1.807) is 10.7 Å². The van der Waals surface area contributed by atoms with Crippen LogP contribution in [0.3, 0.4) is 0 Å². The van der Waals surface area contributed by atoms with Crippen molar-refractivity contribution in [2.75, 3.05) is 5.32 Å². The highest BCUT2D eigenvalue weighted by Gasteiger charge is 2.39. The first-order valence-corrected chi connectivity index (χ1v) is 8.94. The minimum atomic E-state index is -0.460. The zero-order valence-corrected chi connectivity index (χ0v) is 14.5. The summed E-state index contributed by atoms with van der Waals surface area (Å²) in [6.45, 7) is 0. The van der Waals surface area contributed by atoms with Crippen molar-refractivity contribution in [1.82, 2.24) is 14.8 Å². The van der Waals surface area contributed by atoms with Gasteiger partial charge in [0.15, 0.2) is 5.78 Å². The normalized spacial score (nSPS) is 21.4. The summed E-state index contributed by atoms with van der Waals surface area (Å²) in [6, 6.07) is 15.9. The molecule has 5 nitrogen and oxygen atoms in total. The lowest BCUT2D eigenvalue weighted by molar-refractivity contribution is -0.116. The van der Waals surface area contributed by atoms with Gasteiger partial charge in [0.25, 0.3) is 0 Å². The molecule has 0 amide bonds. The summed E-state index contributed by atoms with van der Waals surface area (Å²) >= 11 is 0. The maximum absolute atomic E-state index is 13.9. The highest BCUT2D eigenvalue weighted by Crippen LogP contribution is 2.43. The fourth-order valence-electron chi connectivity index (χ4n) is 4.10. The van der Waals surface area contributed by atoms with Crippen molar-refractivity contribution in [3.63, 3.8) is 0 Å². The summed E-state index contributed by atoms with van der Waals surface area (Å²) < 4.78 is 15.5. The summed E-state index contributed by atoms with van der Waals surface area (Å²) in [5.74, 6) is 0.422. The first kappa shape index (κ1) is 15.9. The predicted molar refractivity (Wildman–Crippen MR) is 98.6 cm³/mol. The molecule has 3 aromatic rings. The Morgan fingerprint density at radius 3 is 2.67 bits per heavy atom. The van der Waals surface area contributed by atoms with Crippen LogP contribution in [0, 0.1) is 5.82 Å². The molecule has 2 heterocycles. The van der Waals surface area contributed by atoms with Crippen LogP contribution in [-0.2, 0) is 4.79 Å². The minimum absolute atomic E-state index is 0.0630. The predicted octanol–water partition coefficient (Wildman–Crippen LogP) is 3.83. The average Bonchev–Trinajstić information content (AvgIpc) is 3.15. The summed E-state index contributed by atoms with van der Waals surface area (Å²) in [5.41, 5.74) is 3.36. The van der Waals surface area contributed by atoms with E-state index >= 15 is 0 Å². The molecule has 1 aliphatic carbocycles. The molecule has 5 rings (SSSR count). The van der Waals surface area contributed by atoms with Gasteiger partial charge in [-0.2, -0.15) is 10.1 Å². The average molecular weight is 360 g/mol. The molecule has 2 aromatic carbocycles. The van der Waals surface area contributed by atoms with E-state index in [4.69, 9.17) is 0 Å². The number of ketones is 1. The lowest BCUT2D eigenvalue weighted by Gasteiger charge is -2.35. The summed E-state index contributed by atoms with van der Waals surface area (Å²) in [4.78, 5) is 17.4. The van der Waals surface area contributed by atoms with E-state index in [2.05, 4.69) is 27.5 Å². The van der Waals surface area contributed by atoms with Crippen LogP contribution in [0.1, 0.15) is 35.9 Å². The molecule has 0 saturated heterocycles. The van der Waals surface area contributed by atoms with Gasteiger partial charge in [0.2, 0.25) is 5.95 Å². The number of Topliss-reactive ketones (excluding diaryl/α,β-unsaturated/α-hetero) is 1. The third kappa shape index (κ3) is 2.65. The lowest BCUT2D eigenvalue weighted by Crippen LogP contribution is -2.33. The standard InChI is InChI=1S/C21H17FN4O/c22-16-8-4-7-14(9-16)20-19-17(25-21-23-12-24-26(20)21)10-15(11-18(19)27)13-5-2-1-3-6-13/h1-9,12,15,20H,10-11H2,(H,23,24,25)/t15-,20-/m0/s1. The number of halogens is 1. The third-order valence-corrected chi connectivity index (χ3v) is 5.30. The van der Waals surface area contributed by atoms with E-state index in [-0.39, 0.29) is 17.5 Å². The molecule has 6 heteroatoms. The van der Waals surface area contributed by atoms with E-state index in [9.17, 15) is 9.18 Å². The third-order valence-electron chi connectivity index (χ3n) is 5.30. The fourth-order valence-corrected chi connectivity index (χ4v) is 4.10. The largest absolute Gasteiger partial charge is 0.328 e. The molecule has 0 unspecified atom stereocenters. The van der Waals surface area contributed by atoms with Gasteiger partial charge in [0, 0.05) is 17.7 Å². The SMILES string of the molecule is O=C1C[C@@H](c2ccccc2)CC2=C1[C@H](c1cccc(F)c1)n1ncnc1N2. The van der Waals surface area contributed by atoms with Crippen molar-refractivity contribution < 1.29 is 9.18 Å². The zero-order chi connectivity index (χ0) is 18.4. The second-order valence-corrected chi connectivity index (χ2v) is 6.94. The highest BCUT2D eigenvalue weighted by molar-refractivity contribution is 6.00. The number of aromatic nitrogens is 3. The Labute approximate surface area is 155 Å². The number of anilines is 1. The number of carbonyl (C=O) groups excluding carboxylic acids is 1. The number of carbonyl (C=O) groups is 1. The number of benzene rings is 2. The fraction of sp³-hybridized carbons (Fsp3) is 0.190. The quantitative estimate of drug-likeness (QED) is 0.754. The molecule has 2 atom stereocenters. The Morgan fingerprint density at radius 1 is 1.04 bits per heavy atom. The van der Waals surface area contributed by atoms with Gasteiger partial charge in [-0.15, -0.1) is 0 Å². The van der Waals surface area contributed by atoms with Gasteiger partial charge in [0.05, 0.1) is 0 Å². The van der Waals surface area contributed by atoms with E-state index in [0.29, 0.717) is 29.9 Å². The second kappa shape index (κ2) is 6.16. The topological polar surface area (TPSA) is 59.8 Å². The number of hydrogen-bond acceptors (Lipinski definition) is 4. The van der Waals surface area contributed by atoms with Crippen molar-refractivity contribution in [1.29, 1.82) is 0 Å². The molecule has 27 heavy (non-hydrogen) atoms. The minimum Gasteiger partial charge on any atom is -0.328 e. The molecule has 1 aromatic heterocycles. The first-order chi connectivity index (χ1) is 13.2. The van der Waals surface area contributed by atoms with E-state index < -0.39 is 6.04 Å². The van der Waals surface area contributed by atoms with Crippen LogP contribution < -0.4 is 5.32 Å². The summed E-state index contributed by atoms with van der Waals surface area (Å²) in [6.07, 6.45) is 2.59. The molecule has 0 fully saturated rings. The van der Waals surface area contributed by atoms with Crippen molar-refractivity contribution in [3.8, 4) is 0 Å². The molecule has 1 N–H and O–H groups in total. The number of nitrogens with zero attached hydrogens (tertiary/aromatic N) is 3. The molecule has 1 aliphatic heterocycles. The molecule has 2 aliphatic rings. The van der Waals surface area contributed by atoms with Crippen LogP contribution >= 0.6 is 0 Å². The van der Waals surface area contributed by atoms with Crippen LogP contribution in [0.5, 0.6) is 0 Å². The zero-order valence-electron chi connectivity index (χ0n) is 14.5. The van der Waals surface area contributed by atoms with Crippen LogP contribution in [0.4, 0.5) is 10.3 Å². The smallest absolute Gasteiger partial charge is 0.226 e. The lowest BCUT2D eigenvalue weighted by atomic mass is 9.78. The van der Waals surface area contributed by atoms with Gasteiger partial charge < -0.3 is 5.32 Å². The van der Waals surface area contributed by atoms with Gasteiger partial charge >= 0.3 is 0 Å². The van der Waals surface area contributed by atoms with E-state index in [1.165, 1.54) is 18.5 Å². The van der Waals surface area contributed by atoms with Crippen molar-refractivity contribution in [2.24, 2.45) is 0 Å². The molecule has 134 valence electrons. The van der Waals surface area contributed by atoms with E-state index in [0.717, 1.165) is 11.3 Å². The van der Waals surface area contributed by atoms with Crippen molar-refractivity contribution >= 4 is 11.7 Å².